The molecule has 0 bridgehead atoms. The predicted molar refractivity (Wildman–Crippen MR) is 100.0 cm³/mol. The Morgan fingerprint density at radius 2 is 2.19 bits per heavy atom. The normalized spacial score (nSPS) is 17.9. The third-order valence-electron chi connectivity index (χ3n) is 5.67. The first-order valence-electron chi connectivity index (χ1n) is 10.2. The fourth-order valence-electron chi connectivity index (χ4n) is 4.16. The molecular weight excluding hydrogens is 330 g/mol. The Hall–Kier alpha value is -1.40. The minimum atomic E-state index is 0.180. The van der Waals surface area contributed by atoms with Gasteiger partial charge in [0.2, 0.25) is 5.91 Å². The standard InChI is InChI=1S/C20H33N3O3/c1-25-14-12-23-19-10-13-26-15-17(19)18(22-23)9-11-21-20(24)8-7-16-5-3-2-4-6-16/h16H,2-15H2,1H3,(H,21,24). The average Bonchev–Trinajstić information content (AvgIpc) is 3.03. The maximum absolute atomic E-state index is 12.1. The zero-order valence-electron chi connectivity index (χ0n) is 16.1. The molecule has 0 spiro atoms. The third-order valence-corrected chi connectivity index (χ3v) is 5.67. The summed E-state index contributed by atoms with van der Waals surface area (Å²) in [5, 5.41) is 7.83. The summed E-state index contributed by atoms with van der Waals surface area (Å²) in [7, 11) is 1.71. The summed E-state index contributed by atoms with van der Waals surface area (Å²) in [6.45, 7) is 3.46. The Kier molecular flexibility index (Phi) is 7.50. The van der Waals surface area contributed by atoms with Gasteiger partial charge >= 0.3 is 0 Å². The highest BCUT2D eigenvalue weighted by Gasteiger charge is 2.21. The minimum Gasteiger partial charge on any atom is -0.383 e. The predicted octanol–water partition coefficient (Wildman–Crippen LogP) is 2.62. The first kappa shape index (κ1) is 19.4. The average molecular weight is 364 g/mol. The number of ether oxygens (including phenoxy) is 2. The highest BCUT2D eigenvalue weighted by molar-refractivity contribution is 5.75. The van der Waals surface area contributed by atoms with E-state index in [1.165, 1.54) is 43.4 Å². The molecule has 0 radical (unpaired) electrons. The molecule has 6 heteroatoms. The number of hydrogen-bond acceptors (Lipinski definition) is 4. The SMILES string of the molecule is COCCn1nc(CCNC(=O)CCC2CCCCC2)c2c1CCOC2. The smallest absolute Gasteiger partial charge is 0.220 e. The fraction of sp³-hybridized carbons (Fsp3) is 0.800. The first-order valence-corrected chi connectivity index (χ1v) is 10.2. The van der Waals surface area contributed by atoms with Crippen LogP contribution in [0.5, 0.6) is 0 Å². The van der Waals surface area contributed by atoms with Crippen LogP contribution in [0.1, 0.15) is 61.9 Å². The number of fused-ring (bicyclic) bond motifs is 1. The number of methoxy groups -OCH3 is 1. The third kappa shape index (κ3) is 5.30. The van der Waals surface area contributed by atoms with Gasteiger partial charge in [-0.05, 0) is 12.3 Å². The molecule has 1 aliphatic heterocycles. The summed E-state index contributed by atoms with van der Waals surface area (Å²) in [5.41, 5.74) is 3.54. The second-order valence-electron chi connectivity index (χ2n) is 7.53. The Labute approximate surface area is 156 Å². The molecule has 2 aliphatic rings. The van der Waals surface area contributed by atoms with Gasteiger partial charge in [0.05, 0.1) is 32.1 Å². The number of carbonyl (C=O) groups excluding carboxylic acids is 1. The summed E-state index contributed by atoms with van der Waals surface area (Å²) in [6.07, 6.45) is 10.0. The molecule has 0 atom stereocenters. The maximum atomic E-state index is 12.1. The van der Waals surface area contributed by atoms with Crippen molar-refractivity contribution >= 4 is 5.91 Å². The van der Waals surface area contributed by atoms with Crippen LogP contribution >= 0.6 is 0 Å². The van der Waals surface area contributed by atoms with Gasteiger partial charge in [-0.25, -0.2) is 0 Å². The van der Waals surface area contributed by atoms with Crippen molar-refractivity contribution < 1.29 is 14.3 Å². The Balaban J connectivity index is 1.45. The van der Waals surface area contributed by atoms with Crippen LogP contribution in [0.3, 0.4) is 0 Å². The van der Waals surface area contributed by atoms with E-state index in [-0.39, 0.29) is 5.91 Å². The molecule has 0 saturated heterocycles. The maximum Gasteiger partial charge on any atom is 0.220 e. The first-order chi connectivity index (χ1) is 12.8. The Morgan fingerprint density at radius 1 is 1.35 bits per heavy atom. The van der Waals surface area contributed by atoms with Gasteiger partial charge in [-0.1, -0.05) is 32.1 Å². The van der Waals surface area contributed by atoms with E-state index in [1.807, 2.05) is 0 Å². The van der Waals surface area contributed by atoms with E-state index in [9.17, 15) is 4.79 Å². The fourth-order valence-corrected chi connectivity index (χ4v) is 4.16. The summed E-state index contributed by atoms with van der Waals surface area (Å²) in [5.74, 6) is 0.939. The number of carbonyl (C=O) groups is 1. The van der Waals surface area contributed by atoms with E-state index >= 15 is 0 Å². The lowest BCUT2D eigenvalue weighted by Crippen LogP contribution is -2.26. The van der Waals surface area contributed by atoms with Crippen molar-refractivity contribution in [1.82, 2.24) is 15.1 Å². The number of rotatable bonds is 9. The van der Waals surface area contributed by atoms with Crippen molar-refractivity contribution in [2.45, 2.75) is 70.9 Å². The summed E-state index contributed by atoms with van der Waals surface area (Å²) in [4.78, 5) is 12.1. The molecule has 0 aromatic carbocycles. The number of amides is 1. The highest BCUT2D eigenvalue weighted by atomic mass is 16.5. The van der Waals surface area contributed by atoms with Crippen molar-refractivity contribution in [3.05, 3.63) is 17.0 Å². The monoisotopic (exact) mass is 363 g/mol. The summed E-state index contributed by atoms with van der Waals surface area (Å²) in [6, 6.07) is 0. The lowest BCUT2D eigenvalue weighted by Gasteiger charge is -2.20. The molecule has 146 valence electrons. The van der Waals surface area contributed by atoms with Crippen molar-refractivity contribution in [2.24, 2.45) is 5.92 Å². The molecule has 1 amide bonds. The summed E-state index contributed by atoms with van der Waals surface area (Å²) >= 11 is 0. The molecule has 1 fully saturated rings. The molecule has 0 unspecified atom stereocenters. The van der Waals surface area contributed by atoms with Crippen molar-refractivity contribution in [2.75, 3.05) is 26.9 Å². The number of aromatic nitrogens is 2. The van der Waals surface area contributed by atoms with Gasteiger partial charge in [0.25, 0.3) is 0 Å². The second-order valence-corrected chi connectivity index (χ2v) is 7.53. The van der Waals surface area contributed by atoms with Gasteiger partial charge in [0.1, 0.15) is 0 Å². The topological polar surface area (TPSA) is 65.4 Å². The molecule has 2 heterocycles. The zero-order valence-corrected chi connectivity index (χ0v) is 16.1. The molecule has 6 nitrogen and oxygen atoms in total. The molecule has 1 saturated carbocycles. The molecular formula is C20H33N3O3. The largest absolute Gasteiger partial charge is 0.383 e. The molecule has 1 N–H and O–H groups in total. The van der Waals surface area contributed by atoms with Gasteiger partial charge in [-0.15, -0.1) is 0 Å². The van der Waals surface area contributed by atoms with Crippen molar-refractivity contribution in [3.63, 3.8) is 0 Å². The van der Waals surface area contributed by atoms with Crippen molar-refractivity contribution in [1.29, 1.82) is 0 Å². The van der Waals surface area contributed by atoms with E-state index in [2.05, 4.69) is 10.00 Å². The van der Waals surface area contributed by atoms with Crippen LogP contribution in [0.4, 0.5) is 0 Å². The van der Waals surface area contributed by atoms with E-state index in [4.69, 9.17) is 14.6 Å². The van der Waals surface area contributed by atoms with Crippen LogP contribution < -0.4 is 5.32 Å². The highest BCUT2D eigenvalue weighted by Crippen LogP contribution is 2.27. The van der Waals surface area contributed by atoms with Crippen LogP contribution in [0.25, 0.3) is 0 Å². The Bertz CT molecular complexity index is 579. The van der Waals surface area contributed by atoms with E-state index < -0.39 is 0 Å². The molecule has 26 heavy (non-hydrogen) atoms. The Morgan fingerprint density at radius 3 is 3.00 bits per heavy atom. The second kappa shape index (κ2) is 10.1. The van der Waals surface area contributed by atoms with E-state index in [0.717, 1.165) is 44.0 Å². The van der Waals surface area contributed by atoms with Crippen LogP contribution in [0.15, 0.2) is 0 Å². The molecule has 3 rings (SSSR count). The number of hydrogen-bond donors (Lipinski definition) is 1. The molecule has 1 aromatic rings. The molecule has 1 aliphatic carbocycles. The van der Waals surface area contributed by atoms with E-state index in [0.29, 0.717) is 26.2 Å². The number of nitrogens with one attached hydrogen (secondary N) is 1. The van der Waals surface area contributed by atoms with Crippen LogP contribution in [-0.2, 0) is 40.3 Å². The molecule has 1 aromatic heterocycles. The van der Waals surface area contributed by atoms with Gasteiger partial charge in [-0.2, -0.15) is 5.10 Å². The van der Waals surface area contributed by atoms with Gasteiger partial charge in [0.15, 0.2) is 0 Å². The quantitative estimate of drug-likeness (QED) is 0.732. The van der Waals surface area contributed by atoms with Crippen LogP contribution in [0, 0.1) is 5.92 Å². The van der Waals surface area contributed by atoms with E-state index in [1.54, 1.807) is 7.11 Å². The van der Waals surface area contributed by atoms with Gasteiger partial charge < -0.3 is 14.8 Å². The lowest BCUT2D eigenvalue weighted by atomic mass is 9.86. The van der Waals surface area contributed by atoms with Gasteiger partial charge in [-0.3, -0.25) is 9.48 Å². The zero-order chi connectivity index (χ0) is 18.2. The van der Waals surface area contributed by atoms with Gasteiger partial charge in [0, 0.05) is 44.2 Å². The lowest BCUT2D eigenvalue weighted by molar-refractivity contribution is -0.121. The minimum absolute atomic E-state index is 0.180. The van der Waals surface area contributed by atoms with Crippen LogP contribution in [-0.4, -0.2) is 42.6 Å². The van der Waals surface area contributed by atoms with Crippen molar-refractivity contribution in [3.8, 4) is 0 Å². The summed E-state index contributed by atoms with van der Waals surface area (Å²) < 4.78 is 12.9. The van der Waals surface area contributed by atoms with Crippen LogP contribution in [0.2, 0.25) is 0 Å². The number of nitrogens with zero attached hydrogens (tertiary/aromatic N) is 2.